The zero-order valence-electron chi connectivity index (χ0n) is 12.4. The summed E-state index contributed by atoms with van der Waals surface area (Å²) < 4.78 is 11.4. The van der Waals surface area contributed by atoms with Gasteiger partial charge in [-0.2, -0.15) is 0 Å². The number of rotatable bonds is 6. The summed E-state index contributed by atoms with van der Waals surface area (Å²) in [7, 11) is 0. The fourth-order valence-corrected chi connectivity index (χ4v) is 2.52. The molecule has 0 radical (unpaired) electrons. The van der Waals surface area contributed by atoms with E-state index >= 15 is 0 Å². The zero-order valence-corrected chi connectivity index (χ0v) is 12.4. The van der Waals surface area contributed by atoms with Crippen LogP contribution in [0.3, 0.4) is 0 Å². The van der Waals surface area contributed by atoms with Crippen LogP contribution in [0.5, 0.6) is 5.75 Å². The lowest BCUT2D eigenvalue weighted by Crippen LogP contribution is -2.31. The summed E-state index contributed by atoms with van der Waals surface area (Å²) in [5, 5.41) is 0. The SMILES string of the molecule is CC1CN(CCCOc2cccc(CN)c2)CCCO1. The first-order chi connectivity index (χ1) is 9.78. The summed E-state index contributed by atoms with van der Waals surface area (Å²) in [6.07, 6.45) is 2.52. The molecular weight excluding hydrogens is 252 g/mol. The van der Waals surface area contributed by atoms with E-state index in [0.29, 0.717) is 12.6 Å². The Morgan fingerprint density at radius 1 is 1.45 bits per heavy atom. The van der Waals surface area contributed by atoms with E-state index in [0.717, 1.165) is 57.0 Å². The molecule has 1 unspecified atom stereocenters. The van der Waals surface area contributed by atoms with E-state index in [1.807, 2.05) is 24.3 Å². The third kappa shape index (κ3) is 5.12. The molecule has 0 saturated carbocycles. The van der Waals surface area contributed by atoms with Gasteiger partial charge in [0, 0.05) is 32.8 Å². The van der Waals surface area contributed by atoms with Crippen molar-refractivity contribution >= 4 is 0 Å². The van der Waals surface area contributed by atoms with Gasteiger partial charge in [-0.1, -0.05) is 12.1 Å². The van der Waals surface area contributed by atoms with Crippen LogP contribution in [0.15, 0.2) is 24.3 Å². The van der Waals surface area contributed by atoms with Crippen LogP contribution >= 0.6 is 0 Å². The second-order valence-corrected chi connectivity index (χ2v) is 5.39. The largest absolute Gasteiger partial charge is 0.494 e. The standard InChI is InChI=1S/C16H26N2O2/c1-14-13-18(7-3-9-19-14)8-4-10-20-16-6-2-5-15(11-16)12-17/h2,5-6,11,14H,3-4,7-10,12-13,17H2,1H3. The number of hydrogen-bond acceptors (Lipinski definition) is 4. The van der Waals surface area contributed by atoms with Crippen molar-refractivity contribution in [3.05, 3.63) is 29.8 Å². The highest BCUT2D eigenvalue weighted by Crippen LogP contribution is 2.13. The topological polar surface area (TPSA) is 47.7 Å². The van der Waals surface area contributed by atoms with E-state index in [1.165, 1.54) is 0 Å². The van der Waals surface area contributed by atoms with E-state index < -0.39 is 0 Å². The summed E-state index contributed by atoms with van der Waals surface area (Å²) in [5.41, 5.74) is 6.74. The molecule has 2 rings (SSSR count). The van der Waals surface area contributed by atoms with E-state index in [9.17, 15) is 0 Å². The second kappa shape index (κ2) is 8.25. The molecule has 4 nitrogen and oxygen atoms in total. The Kier molecular flexibility index (Phi) is 6.30. The van der Waals surface area contributed by atoms with Crippen molar-refractivity contribution < 1.29 is 9.47 Å². The van der Waals surface area contributed by atoms with E-state index in [-0.39, 0.29) is 0 Å². The maximum Gasteiger partial charge on any atom is 0.119 e. The van der Waals surface area contributed by atoms with Crippen molar-refractivity contribution in [1.82, 2.24) is 4.90 Å². The predicted molar refractivity (Wildman–Crippen MR) is 80.9 cm³/mol. The first-order valence-electron chi connectivity index (χ1n) is 7.53. The minimum atomic E-state index is 0.347. The molecular formula is C16H26N2O2. The van der Waals surface area contributed by atoms with Crippen molar-refractivity contribution in [2.75, 3.05) is 32.8 Å². The second-order valence-electron chi connectivity index (χ2n) is 5.39. The molecule has 0 spiro atoms. The summed E-state index contributed by atoms with van der Waals surface area (Å²) in [5.74, 6) is 0.917. The molecule has 1 aromatic carbocycles. The van der Waals surface area contributed by atoms with E-state index in [1.54, 1.807) is 0 Å². The van der Waals surface area contributed by atoms with Crippen molar-refractivity contribution in [2.24, 2.45) is 5.73 Å². The average molecular weight is 278 g/mol. The van der Waals surface area contributed by atoms with Crippen LogP contribution in [-0.2, 0) is 11.3 Å². The summed E-state index contributed by atoms with van der Waals surface area (Å²) in [4.78, 5) is 2.47. The highest BCUT2D eigenvalue weighted by molar-refractivity contribution is 5.28. The number of benzene rings is 1. The monoisotopic (exact) mass is 278 g/mol. The lowest BCUT2D eigenvalue weighted by Gasteiger charge is -2.21. The molecule has 1 atom stereocenters. The van der Waals surface area contributed by atoms with Crippen LogP contribution in [0.2, 0.25) is 0 Å². The molecule has 112 valence electrons. The lowest BCUT2D eigenvalue weighted by molar-refractivity contribution is 0.0670. The Morgan fingerprint density at radius 2 is 2.35 bits per heavy atom. The predicted octanol–water partition coefficient (Wildman–Crippen LogP) is 2.02. The van der Waals surface area contributed by atoms with Gasteiger partial charge in [0.2, 0.25) is 0 Å². The molecule has 4 heteroatoms. The summed E-state index contributed by atoms with van der Waals surface area (Å²) in [6, 6.07) is 8.01. The molecule has 0 aliphatic carbocycles. The lowest BCUT2D eigenvalue weighted by atomic mass is 10.2. The summed E-state index contributed by atoms with van der Waals surface area (Å²) >= 11 is 0. The fraction of sp³-hybridized carbons (Fsp3) is 0.625. The minimum absolute atomic E-state index is 0.347. The Bertz CT molecular complexity index is 398. The van der Waals surface area contributed by atoms with Crippen molar-refractivity contribution in [2.45, 2.75) is 32.4 Å². The smallest absolute Gasteiger partial charge is 0.119 e. The van der Waals surface area contributed by atoms with Gasteiger partial charge in [-0.05, 0) is 37.5 Å². The summed E-state index contributed by atoms with van der Waals surface area (Å²) in [6.45, 7) is 7.58. The van der Waals surface area contributed by atoms with Gasteiger partial charge in [0.05, 0.1) is 12.7 Å². The van der Waals surface area contributed by atoms with Crippen LogP contribution < -0.4 is 10.5 Å². The zero-order chi connectivity index (χ0) is 14.2. The van der Waals surface area contributed by atoms with E-state index in [4.69, 9.17) is 15.2 Å². The van der Waals surface area contributed by atoms with Gasteiger partial charge in [-0.15, -0.1) is 0 Å². The Balaban J connectivity index is 1.67. The molecule has 0 amide bonds. The molecule has 1 aliphatic rings. The Morgan fingerprint density at radius 3 is 3.20 bits per heavy atom. The van der Waals surface area contributed by atoms with Crippen molar-refractivity contribution in [1.29, 1.82) is 0 Å². The molecule has 1 fully saturated rings. The van der Waals surface area contributed by atoms with Crippen LogP contribution in [0.4, 0.5) is 0 Å². The maximum atomic E-state index is 5.78. The molecule has 1 heterocycles. The third-order valence-corrected chi connectivity index (χ3v) is 3.56. The average Bonchev–Trinajstić information content (AvgIpc) is 2.68. The van der Waals surface area contributed by atoms with Gasteiger partial charge in [0.15, 0.2) is 0 Å². The van der Waals surface area contributed by atoms with Gasteiger partial charge in [0.25, 0.3) is 0 Å². The first kappa shape index (κ1) is 15.3. The van der Waals surface area contributed by atoms with Crippen LogP contribution in [0, 0.1) is 0 Å². The van der Waals surface area contributed by atoms with Crippen LogP contribution in [0.1, 0.15) is 25.3 Å². The van der Waals surface area contributed by atoms with Gasteiger partial charge >= 0.3 is 0 Å². The molecule has 1 aliphatic heterocycles. The number of hydrogen-bond donors (Lipinski definition) is 1. The quantitative estimate of drug-likeness (QED) is 0.809. The normalized spacial score (nSPS) is 20.6. The van der Waals surface area contributed by atoms with Crippen LogP contribution in [-0.4, -0.2) is 43.9 Å². The van der Waals surface area contributed by atoms with Crippen molar-refractivity contribution in [3.63, 3.8) is 0 Å². The van der Waals surface area contributed by atoms with Crippen LogP contribution in [0.25, 0.3) is 0 Å². The molecule has 1 aromatic rings. The molecule has 2 N–H and O–H groups in total. The highest BCUT2D eigenvalue weighted by Gasteiger charge is 2.14. The van der Waals surface area contributed by atoms with Gasteiger partial charge in [-0.3, -0.25) is 0 Å². The molecule has 20 heavy (non-hydrogen) atoms. The number of ether oxygens (including phenoxy) is 2. The van der Waals surface area contributed by atoms with E-state index in [2.05, 4.69) is 11.8 Å². The maximum absolute atomic E-state index is 5.78. The molecule has 1 saturated heterocycles. The Labute approximate surface area is 121 Å². The number of nitrogens with two attached hydrogens (primary N) is 1. The molecule has 0 bridgehead atoms. The number of nitrogens with zero attached hydrogens (tertiary/aromatic N) is 1. The van der Waals surface area contributed by atoms with Gasteiger partial charge in [0.1, 0.15) is 5.75 Å². The Hall–Kier alpha value is -1.10. The highest BCUT2D eigenvalue weighted by atomic mass is 16.5. The first-order valence-corrected chi connectivity index (χ1v) is 7.53. The van der Waals surface area contributed by atoms with Gasteiger partial charge in [-0.25, -0.2) is 0 Å². The third-order valence-electron chi connectivity index (χ3n) is 3.56. The fourth-order valence-electron chi connectivity index (χ4n) is 2.52. The minimum Gasteiger partial charge on any atom is -0.494 e. The molecule has 0 aromatic heterocycles. The van der Waals surface area contributed by atoms with Gasteiger partial charge < -0.3 is 20.1 Å². The van der Waals surface area contributed by atoms with Crippen molar-refractivity contribution in [3.8, 4) is 5.75 Å².